The summed E-state index contributed by atoms with van der Waals surface area (Å²) in [4.78, 5) is 14.6. The van der Waals surface area contributed by atoms with Crippen LogP contribution in [0.1, 0.15) is 57.2 Å². The van der Waals surface area contributed by atoms with Crippen LogP contribution in [-0.2, 0) is 14.8 Å². The highest BCUT2D eigenvalue weighted by Crippen LogP contribution is 2.26. The molecule has 2 atom stereocenters. The van der Waals surface area contributed by atoms with E-state index in [1.165, 1.54) is 5.56 Å². The second-order valence-corrected chi connectivity index (χ2v) is 9.77. The van der Waals surface area contributed by atoms with E-state index >= 15 is 0 Å². The molecule has 0 saturated carbocycles. The van der Waals surface area contributed by atoms with Crippen molar-refractivity contribution in [3.05, 3.63) is 59.3 Å². The standard InChI is InChI=1S/C22H29N3O3S/c1-5-16(4)17-6-8-18(9-7-17)21(15(2)3)23-22(26)19-10-11-20-24-29(27,28)13-12-25(20)14-19/h6-11,14-16,21H,5,12-13H2,1-4H3,(H,23,26). The molecule has 29 heavy (non-hydrogen) atoms. The third-order valence-corrected chi connectivity index (χ3v) is 6.68. The van der Waals surface area contributed by atoms with Crippen molar-refractivity contribution in [2.45, 2.75) is 46.1 Å². The first-order chi connectivity index (χ1) is 13.7. The van der Waals surface area contributed by atoms with Gasteiger partial charge in [0.1, 0.15) is 5.84 Å². The lowest BCUT2D eigenvalue weighted by atomic mass is 9.92. The molecule has 2 aliphatic rings. The van der Waals surface area contributed by atoms with Crippen molar-refractivity contribution in [1.29, 1.82) is 0 Å². The Bertz CT molecular complexity index is 960. The van der Waals surface area contributed by atoms with Crippen LogP contribution in [-0.4, -0.2) is 37.4 Å². The number of fused-ring (bicyclic) bond motifs is 1. The fraction of sp³-hybridized carbons (Fsp3) is 0.455. The SMILES string of the molecule is CCC(C)c1ccc(C(NC(=O)C2=CN3CCS(=O)(=O)N=C3C=C2)C(C)C)cc1. The molecule has 0 aromatic heterocycles. The van der Waals surface area contributed by atoms with Gasteiger partial charge in [0.2, 0.25) is 0 Å². The number of carbonyl (C=O) groups excluding carboxylic acids is 1. The number of amides is 1. The minimum atomic E-state index is -3.40. The van der Waals surface area contributed by atoms with E-state index < -0.39 is 10.0 Å². The van der Waals surface area contributed by atoms with Gasteiger partial charge in [0.05, 0.1) is 17.4 Å². The first kappa shape index (κ1) is 21.3. The van der Waals surface area contributed by atoms with Gasteiger partial charge in [-0.3, -0.25) is 4.79 Å². The molecule has 2 aliphatic heterocycles. The van der Waals surface area contributed by atoms with Crippen LogP contribution >= 0.6 is 0 Å². The molecule has 1 N–H and O–H groups in total. The van der Waals surface area contributed by atoms with E-state index in [0.29, 0.717) is 23.9 Å². The minimum absolute atomic E-state index is 0.0487. The van der Waals surface area contributed by atoms with Gasteiger partial charge in [-0.1, -0.05) is 52.0 Å². The van der Waals surface area contributed by atoms with Crippen molar-refractivity contribution in [3.63, 3.8) is 0 Å². The van der Waals surface area contributed by atoms with Gasteiger partial charge < -0.3 is 10.2 Å². The Morgan fingerprint density at radius 3 is 2.41 bits per heavy atom. The quantitative estimate of drug-likeness (QED) is 0.771. The highest BCUT2D eigenvalue weighted by atomic mass is 32.2. The summed E-state index contributed by atoms with van der Waals surface area (Å²) in [6.07, 6.45) is 5.96. The summed E-state index contributed by atoms with van der Waals surface area (Å²) in [6, 6.07) is 8.36. The maximum atomic E-state index is 12.9. The van der Waals surface area contributed by atoms with Crippen molar-refractivity contribution in [1.82, 2.24) is 10.2 Å². The zero-order valence-electron chi connectivity index (χ0n) is 17.4. The number of hydrogen-bond acceptors (Lipinski definition) is 4. The number of sulfonamides is 1. The number of amidine groups is 1. The molecule has 0 fully saturated rings. The smallest absolute Gasteiger partial charge is 0.256 e. The van der Waals surface area contributed by atoms with Crippen LogP contribution in [0, 0.1) is 5.92 Å². The maximum absolute atomic E-state index is 12.9. The molecule has 1 aromatic rings. The summed E-state index contributed by atoms with van der Waals surface area (Å²) in [5, 5.41) is 3.13. The van der Waals surface area contributed by atoms with E-state index in [-0.39, 0.29) is 23.6 Å². The third-order valence-electron chi connectivity index (χ3n) is 5.52. The van der Waals surface area contributed by atoms with Crippen molar-refractivity contribution < 1.29 is 13.2 Å². The topological polar surface area (TPSA) is 78.8 Å². The predicted molar refractivity (Wildman–Crippen MR) is 116 cm³/mol. The predicted octanol–water partition coefficient (Wildman–Crippen LogP) is 3.51. The van der Waals surface area contributed by atoms with E-state index in [2.05, 4.69) is 61.7 Å². The molecular weight excluding hydrogens is 386 g/mol. The van der Waals surface area contributed by atoms with Crippen LogP contribution in [0.2, 0.25) is 0 Å². The first-order valence-corrected chi connectivity index (χ1v) is 11.7. The number of nitrogens with one attached hydrogen (secondary N) is 1. The second kappa shape index (κ2) is 8.53. The molecule has 1 amide bonds. The van der Waals surface area contributed by atoms with Gasteiger partial charge in [-0.15, -0.1) is 4.40 Å². The summed E-state index contributed by atoms with van der Waals surface area (Å²) < 4.78 is 27.0. The summed E-state index contributed by atoms with van der Waals surface area (Å²) in [6.45, 7) is 8.85. The number of rotatable bonds is 6. The molecule has 7 heteroatoms. The molecule has 0 bridgehead atoms. The molecule has 0 radical (unpaired) electrons. The minimum Gasteiger partial charge on any atom is -0.345 e. The molecule has 6 nitrogen and oxygen atoms in total. The summed E-state index contributed by atoms with van der Waals surface area (Å²) in [5.41, 5.74) is 2.87. The van der Waals surface area contributed by atoms with Crippen molar-refractivity contribution in [3.8, 4) is 0 Å². The largest absolute Gasteiger partial charge is 0.345 e. The molecule has 2 unspecified atom stereocenters. The Hall–Kier alpha value is -2.41. The molecule has 0 aliphatic carbocycles. The van der Waals surface area contributed by atoms with Crippen LogP contribution in [0.4, 0.5) is 0 Å². The van der Waals surface area contributed by atoms with E-state index in [4.69, 9.17) is 0 Å². The lowest BCUT2D eigenvalue weighted by Gasteiger charge is -2.28. The molecular formula is C22H29N3O3S. The summed E-state index contributed by atoms with van der Waals surface area (Å²) in [5.74, 6) is 0.858. The zero-order valence-corrected chi connectivity index (χ0v) is 18.2. The Balaban J connectivity index is 1.76. The van der Waals surface area contributed by atoms with Gasteiger partial charge in [-0.05, 0) is 41.5 Å². The lowest BCUT2D eigenvalue weighted by Crippen LogP contribution is -2.39. The average Bonchev–Trinajstić information content (AvgIpc) is 2.70. The highest BCUT2D eigenvalue weighted by molar-refractivity contribution is 7.90. The third kappa shape index (κ3) is 4.96. The number of hydrogen-bond donors (Lipinski definition) is 1. The second-order valence-electron chi connectivity index (χ2n) is 8.02. The van der Waals surface area contributed by atoms with E-state index in [9.17, 15) is 13.2 Å². The molecule has 156 valence electrons. The van der Waals surface area contributed by atoms with Crippen LogP contribution in [0.5, 0.6) is 0 Å². The van der Waals surface area contributed by atoms with Crippen molar-refractivity contribution in [2.24, 2.45) is 10.3 Å². The Kier molecular flexibility index (Phi) is 6.27. The van der Waals surface area contributed by atoms with Gasteiger partial charge in [0, 0.05) is 12.7 Å². The van der Waals surface area contributed by atoms with Crippen LogP contribution < -0.4 is 5.32 Å². The monoisotopic (exact) mass is 415 g/mol. The van der Waals surface area contributed by atoms with Crippen LogP contribution in [0.3, 0.4) is 0 Å². The molecule has 1 aromatic carbocycles. The Labute approximate surface area is 173 Å². The van der Waals surface area contributed by atoms with Gasteiger partial charge in [0.25, 0.3) is 15.9 Å². The molecule has 0 saturated heterocycles. The highest BCUT2D eigenvalue weighted by Gasteiger charge is 2.26. The van der Waals surface area contributed by atoms with Gasteiger partial charge in [-0.25, -0.2) is 8.42 Å². The van der Waals surface area contributed by atoms with Gasteiger partial charge >= 0.3 is 0 Å². The molecule has 0 spiro atoms. The number of nitrogens with zero attached hydrogens (tertiary/aromatic N) is 2. The number of benzene rings is 1. The summed E-state index contributed by atoms with van der Waals surface area (Å²) in [7, 11) is -3.40. The number of carbonyl (C=O) groups is 1. The van der Waals surface area contributed by atoms with Crippen LogP contribution in [0.25, 0.3) is 0 Å². The van der Waals surface area contributed by atoms with Crippen molar-refractivity contribution >= 4 is 21.8 Å². The van der Waals surface area contributed by atoms with E-state index in [1.807, 2.05) is 0 Å². The zero-order chi connectivity index (χ0) is 21.2. The fourth-order valence-electron chi connectivity index (χ4n) is 3.46. The van der Waals surface area contributed by atoms with Gasteiger partial charge in [0.15, 0.2) is 0 Å². The maximum Gasteiger partial charge on any atom is 0.256 e. The van der Waals surface area contributed by atoms with Crippen LogP contribution in [0.15, 0.2) is 52.6 Å². The fourth-order valence-corrected chi connectivity index (χ4v) is 4.43. The van der Waals surface area contributed by atoms with E-state index in [0.717, 1.165) is 12.0 Å². The average molecular weight is 416 g/mol. The Morgan fingerprint density at radius 2 is 1.79 bits per heavy atom. The lowest BCUT2D eigenvalue weighted by molar-refractivity contribution is -0.118. The van der Waals surface area contributed by atoms with Crippen molar-refractivity contribution in [2.75, 3.05) is 12.3 Å². The van der Waals surface area contributed by atoms with Gasteiger partial charge in [-0.2, -0.15) is 0 Å². The molecule has 2 heterocycles. The van der Waals surface area contributed by atoms with E-state index in [1.54, 1.807) is 23.3 Å². The molecule has 3 rings (SSSR count). The normalized spacial score (nSPS) is 19.8. The summed E-state index contributed by atoms with van der Waals surface area (Å²) >= 11 is 0. The Morgan fingerprint density at radius 1 is 1.14 bits per heavy atom. The first-order valence-electron chi connectivity index (χ1n) is 10.1.